The zero-order valence-electron chi connectivity index (χ0n) is 11.2. The van der Waals surface area contributed by atoms with Crippen LogP contribution in [0.15, 0.2) is 53.0 Å². The highest BCUT2D eigenvalue weighted by molar-refractivity contribution is 7.09. The first-order chi connectivity index (χ1) is 9.79. The van der Waals surface area contributed by atoms with E-state index in [0.717, 1.165) is 18.5 Å². The molecule has 1 aromatic heterocycles. The molecular formula is C15H19N3OS. The van der Waals surface area contributed by atoms with Crippen molar-refractivity contribution in [3.8, 4) is 0 Å². The van der Waals surface area contributed by atoms with Crippen LogP contribution >= 0.6 is 11.3 Å². The molecule has 1 unspecified atom stereocenters. The summed E-state index contributed by atoms with van der Waals surface area (Å²) in [6.07, 6.45) is 1.47. The van der Waals surface area contributed by atoms with Gasteiger partial charge in [0.15, 0.2) is 0 Å². The van der Waals surface area contributed by atoms with Crippen LogP contribution < -0.4 is 11.1 Å². The highest BCUT2D eigenvalue weighted by Crippen LogP contribution is 2.17. The summed E-state index contributed by atoms with van der Waals surface area (Å²) in [7, 11) is 0. The van der Waals surface area contributed by atoms with E-state index in [9.17, 15) is 0 Å². The number of nitrogens with one attached hydrogen (secondary N) is 1. The Morgan fingerprint density at radius 3 is 2.70 bits per heavy atom. The molecule has 4 nitrogen and oxygen atoms in total. The summed E-state index contributed by atoms with van der Waals surface area (Å²) in [5, 5.41) is 17.4. The summed E-state index contributed by atoms with van der Waals surface area (Å²) in [5.74, 6) is 0.238. The molecule has 1 heterocycles. The number of thiophene rings is 1. The van der Waals surface area contributed by atoms with Crippen LogP contribution in [0.2, 0.25) is 0 Å². The van der Waals surface area contributed by atoms with Crippen LogP contribution in [0.1, 0.15) is 22.9 Å². The Labute approximate surface area is 122 Å². The first-order valence-corrected chi connectivity index (χ1v) is 7.44. The Morgan fingerprint density at radius 2 is 2.05 bits per heavy atom. The molecule has 0 aliphatic heterocycles. The lowest BCUT2D eigenvalue weighted by Crippen LogP contribution is -2.28. The average molecular weight is 289 g/mol. The Hall–Kier alpha value is -1.85. The van der Waals surface area contributed by atoms with Crippen molar-refractivity contribution in [2.75, 3.05) is 6.54 Å². The van der Waals surface area contributed by atoms with Crippen LogP contribution in [-0.2, 0) is 6.42 Å². The topological polar surface area (TPSA) is 70.6 Å². The van der Waals surface area contributed by atoms with Gasteiger partial charge in [0.05, 0.1) is 0 Å². The molecule has 0 saturated carbocycles. The second-order valence-corrected chi connectivity index (χ2v) is 5.57. The molecule has 1 aromatic carbocycles. The zero-order chi connectivity index (χ0) is 14.2. The molecular weight excluding hydrogens is 270 g/mol. The maximum absolute atomic E-state index is 8.74. The Balaban J connectivity index is 1.95. The van der Waals surface area contributed by atoms with E-state index in [1.165, 1.54) is 4.88 Å². The minimum absolute atomic E-state index is 0.0621. The second-order valence-electron chi connectivity index (χ2n) is 4.54. The van der Waals surface area contributed by atoms with Crippen LogP contribution in [0.3, 0.4) is 0 Å². The van der Waals surface area contributed by atoms with Crippen molar-refractivity contribution in [3.05, 3.63) is 58.3 Å². The first kappa shape index (κ1) is 14.6. The SMILES string of the molecule is NC(CC(NCCc1cccs1)c1ccccc1)=NO. The van der Waals surface area contributed by atoms with E-state index < -0.39 is 0 Å². The summed E-state index contributed by atoms with van der Waals surface area (Å²) in [4.78, 5) is 1.35. The van der Waals surface area contributed by atoms with Gasteiger partial charge in [0.2, 0.25) is 0 Å². The first-order valence-electron chi connectivity index (χ1n) is 6.56. The summed E-state index contributed by atoms with van der Waals surface area (Å²) in [6.45, 7) is 0.860. The third kappa shape index (κ3) is 4.36. The Morgan fingerprint density at radius 1 is 1.25 bits per heavy atom. The van der Waals surface area contributed by atoms with Gasteiger partial charge >= 0.3 is 0 Å². The maximum Gasteiger partial charge on any atom is 0.141 e. The molecule has 0 saturated heterocycles. The van der Waals surface area contributed by atoms with Crippen molar-refractivity contribution in [3.63, 3.8) is 0 Å². The summed E-state index contributed by atoms with van der Waals surface area (Å²) < 4.78 is 0. The molecule has 106 valence electrons. The molecule has 0 spiro atoms. The molecule has 20 heavy (non-hydrogen) atoms. The molecule has 2 rings (SSSR count). The average Bonchev–Trinajstić information content (AvgIpc) is 3.00. The van der Waals surface area contributed by atoms with Gasteiger partial charge in [-0.05, 0) is 23.4 Å². The van der Waals surface area contributed by atoms with E-state index in [4.69, 9.17) is 10.9 Å². The number of oxime groups is 1. The smallest absolute Gasteiger partial charge is 0.141 e. The van der Waals surface area contributed by atoms with E-state index in [1.54, 1.807) is 11.3 Å². The van der Waals surface area contributed by atoms with Gasteiger partial charge < -0.3 is 16.3 Å². The summed E-state index contributed by atoms with van der Waals surface area (Å²) in [5.41, 5.74) is 6.78. The fourth-order valence-electron chi connectivity index (χ4n) is 2.07. The molecule has 4 N–H and O–H groups in total. The van der Waals surface area contributed by atoms with Crippen LogP contribution in [0.4, 0.5) is 0 Å². The minimum atomic E-state index is 0.0621. The minimum Gasteiger partial charge on any atom is -0.409 e. The molecule has 0 fully saturated rings. The van der Waals surface area contributed by atoms with Crippen LogP contribution in [0.25, 0.3) is 0 Å². The number of rotatable bonds is 7. The van der Waals surface area contributed by atoms with Crippen molar-refractivity contribution >= 4 is 17.2 Å². The molecule has 1 atom stereocenters. The van der Waals surface area contributed by atoms with Crippen molar-refractivity contribution in [1.29, 1.82) is 0 Å². The quantitative estimate of drug-likeness (QED) is 0.318. The highest BCUT2D eigenvalue weighted by Gasteiger charge is 2.12. The highest BCUT2D eigenvalue weighted by atomic mass is 32.1. The zero-order valence-corrected chi connectivity index (χ0v) is 12.0. The molecule has 0 aliphatic carbocycles. The van der Waals surface area contributed by atoms with Gasteiger partial charge in [-0.15, -0.1) is 11.3 Å². The number of hydrogen-bond donors (Lipinski definition) is 3. The van der Waals surface area contributed by atoms with Gasteiger partial charge in [0.1, 0.15) is 5.84 Å². The predicted octanol–water partition coefficient (Wildman–Crippen LogP) is 2.76. The number of benzene rings is 1. The largest absolute Gasteiger partial charge is 0.409 e. The standard InChI is InChI=1S/C15H19N3OS/c16-15(18-19)11-14(12-5-2-1-3-6-12)17-9-8-13-7-4-10-20-13/h1-7,10,14,17,19H,8-9,11H2,(H2,16,18). The van der Waals surface area contributed by atoms with Crippen LogP contribution in [0, 0.1) is 0 Å². The van der Waals surface area contributed by atoms with Crippen molar-refractivity contribution in [2.24, 2.45) is 10.9 Å². The number of hydrogen-bond acceptors (Lipinski definition) is 4. The second kappa shape index (κ2) is 7.67. The van der Waals surface area contributed by atoms with Crippen molar-refractivity contribution in [1.82, 2.24) is 5.32 Å². The molecule has 5 heteroatoms. The molecule has 0 aliphatic rings. The van der Waals surface area contributed by atoms with E-state index in [1.807, 2.05) is 30.3 Å². The third-order valence-corrected chi connectivity index (χ3v) is 4.02. The summed E-state index contributed by atoms with van der Waals surface area (Å²) in [6, 6.07) is 14.3. The van der Waals surface area contributed by atoms with Gasteiger partial charge in [0.25, 0.3) is 0 Å². The fourth-order valence-corrected chi connectivity index (χ4v) is 2.78. The fraction of sp³-hybridized carbons (Fsp3) is 0.267. The van der Waals surface area contributed by atoms with Crippen LogP contribution in [0.5, 0.6) is 0 Å². The van der Waals surface area contributed by atoms with Gasteiger partial charge in [-0.1, -0.05) is 41.6 Å². The Bertz CT molecular complexity index is 525. The van der Waals surface area contributed by atoms with E-state index in [2.05, 4.69) is 28.0 Å². The maximum atomic E-state index is 8.74. The number of nitrogens with two attached hydrogens (primary N) is 1. The van der Waals surface area contributed by atoms with E-state index in [0.29, 0.717) is 6.42 Å². The summed E-state index contributed by atoms with van der Waals surface area (Å²) >= 11 is 1.76. The van der Waals surface area contributed by atoms with Crippen LogP contribution in [-0.4, -0.2) is 17.6 Å². The normalized spacial score (nSPS) is 13.3. The Kier molecular flexibility index (Phi) is 5.58. The predicted molar refractivity (Wildman–Crippen MR) is 83.2 cm³/mol. The molecule has 2 aromatic rings. The van der Waals surface area contributed by atoms with E-state index in [-0.39, 0.29) is 11.9 Å². The van der Waals surface area contributed by atoms with Crippen molar-refractivity contribution < 1.29 is 5.21 Å². The van der Waals surface area contributed by atoms with Gasteiger partial charge in [-0.2, -0.15) is 0 Å². The number of nitrogens with zero attached hydrogens (tertiary/aromatic N) is 1. The molecule has 0 bridgehead atoms. The van der Waals surface area contributed by atoms with Gasteiger partial charge in [-0.25, -0.2) is 0 Å². The van der Waals surface area contributed by atoms with Crippen molar-refractivity contribution in [2.45, 2.75) is 18.9 Å². The van der Waals surface area contributed by atoms with E-state index >= 15 is 0 Å². The number of amidine groups is 1. The lowest BCUT2D eigenvalue weighted by Gasteiger charge is -2.18. The lowest BCUT2D eigenvalue weighted by atomic mass is 10.0. The van der Waals surface area contributed by atoms with Gasteiger partial charge in [0, 0.05) is 23.9 Å². The molecule has 0 amide bonds. The lowest BCUT2D eigenvalue weighted by molar-refractivity contribution is 0.315. The van der Waals surface area contributed by atoms with Gasteiger partial charge in [-0.3, -0.25) is 0 Å². The third-order valence-electron chi connectivity index (χ3n) is 3.09. The molecule has 0 radical (unpaired) electrons. The monoisotopic (exact) mass is 289 g/mol.